The molecule has 11 heavy (non-hydrogen) atoms. The third-order valence-electron chi connectivity index (χ3n) is 0.809. The molecule has 0 aliphatic carbocycles. The standard InChI is InChI=1S/C6H9F3O2/c1-2-10-3-4-11-6(9)5(7)8/h2-4H2,1H3. The minimum Gasteiger partial charge on any atom is -0.465 e. The van der Waals surface area contributed by atoms with E-state index in [1.807, 2.05) is 0 Å². The zero-order chi connectivity index (χ0) is 8.69. The second-order valence-electron chi connectivity index (χ2n) is 1.58. The van der Waals surface area contributed by atoms with Crippen LogP contribution in [-0.2, 0) is 9.47 Å². The molecule has 0 atom stereocenters. The molecule has 0 aromatic heterocycles. The molecule has 0 spiro atoms. The summed E-state index contributed by atoms with van der Waals surface area (Å²) >= 11 is 0. The SMILES string of the molecule is CCOCCOC(F)=C(F)F. The van der Waals surface area contributed by atoms with Crippen molar-refractivity contribution in [2.24, 2.45) is 0 Å². The summed E-state index contributed by atoms with van der Waals surface area (Å²) in [4.78, 5) is 0. The van der Waals surface area contributed by atoms with Gasteiger partial charge in [0.1, 0.15) is 6.61 Å². The van der Waals surface area contributed by atoms with Crippen LogP contribution in [0.1, 0.15) is 6.92 Å². The molecule has 66 valence electrons. The molecule has 0 unspecified atom stereocenters. The van der Waals surface area contributed by atoms with Crippen molar-refractivity contribution in [2.45, 2.75) is 6.92 Å². The number of ether oxygens (including phenoxy) is 2. The average Bonchev–Trinajstić information content (AvgIpc) is 1.97. The van der Waals surface area contributed by atoms with Gasteiger partial charge >= 0.3 is 12.1 Å². The lowest BCUT2D eigenvalue weighted by molar-refractivity contribution is 0.0521. The maximum atomic E-state index is 11.8. The molecule has 0 radical (unpaired) electrons. The Kier molecular flexibility index (Phi) is 5.64. The summed E-state index contributed by atoms with van der Waals surface area (Å²) in [5.74, 6) is 0. The minimum atomic E-state index is -2.44. The predicted molar refractivity (Wildman–Crippen MR) is 32.8 cm³/mol. The van der Waals surface area contributed by atoms with Gasteiger partial charge in [0.25, 0.3) is 0 Å². The average molecular weight is 170 g/mol. The fourth-order valence-corrected chi connectivity index (χ4v) is 0.389. The van der Waals surface area contributed by atoms with Gasteiger partial charge < -0.3 is 9.47 Å². The van der Waals surface area contributed by atoms with E-state index < -0.39 is 12.1 Å². The van der Waals surface area contributed by atoms with E-state index in [4.69, 9.17) is 4.74 Å². The van der Waals surface area contributed by atoms with E-state index in [0.717, 1.165) is 0 Å². The molecule has 0 heterocycles. The molecule has 2 nitrogen and oxygen atoms in total. The third kappa shape index (κ3) is 5.72. The van der Waals surface area contributed by atoms with Crippen molar-refractivity contribution in [3.05, 3.63) is 12.1 Å². The fraction of sp³-hybridized carbons (Fsp3) is 0.667. The summed E-state index contributed by atoms with van der Waals surface area (Å²) in [5.41, 5.74) is 0. The number of hydrogen-bond acceptors (Lipinski definition) is 2. The van der Waals surface area contributed by atoms with Crippen LogP contribution in [0.2, 0.25) is 0 Å². The molecule has 0 amide bonds. The molecule has 0 fully saturated rings. The van der Waals surface area contributed by atoms with Crippen LogP contribution in [0.4, 0.5) is 13.2 Å². The monoisotopic (exact) mass is 170 g/mol. The van der Waals surface area contributed by atoms with E-state index in [0.29, 0.717) is 6.61 Å². The summed E-state index contributed by atoms with van der Waals surface area (Å²) in [6.45, 7) is 2.10. The van der Waals surface area contributed by atoms with Crippen LogP contribution in [-0.4, -0.2) is 19.8 Å². The van der Waals surface area contributed by atoms with E-state index in [1.54, 1.807) is 6.92 Å². The van der Waals surface area contributed by atoms with Gasteiger partial charge in [-0.05, 0) is 6.92 Å². The Bertz CT molecular complexity index is 132. The lowest BCUT2D eigenvalue weighted by Crippen LogP contribution is -2.02. The van der Waals surface area contributed by atoms with Crippen LogP contribution in [0.3, 0.4) is 0 Å². The third-order valence-corrected chi connectivity index (χ3v) is 0.809. The minimum absolute atomic E-state index is 0.108. The Morgan fingerprint density at radius 1 is 1.18 bits per heavy atom. The normalized spacial score (nSPS) is 9.45. The fourth-order valence-electron chi connectivity index (χ4n) is 0.389. The zero-order valence-electron chi connectivity index (χ0n) is 6.07. The Balaban J connectivity index is 3.32. The number of rotatable bonds is 5. The van der Waals surface area contributed by atoms with E-state index in [2.05, 4.69) is 4.74 Å². The first-order valence-electron chi connectivity index (χ1n) is 3.09. The molecular weight excluding hydrogens is 161 g/mol. The van der Waals surface area contributed by atoms with Crippen molar-refractivity contribution >= 4 is 0 Å². The summed E-state index contributed by atoms with van der Waals surface area (Å²) in [7, 11) is 0. The first kappa shape index (κ1) is 10.3. The number of halogens is 3. The van der Waals surface area contributed by atoms with Crippen molar-refractivity contribution in [1.82, 2.24) is 0 Å². The Morgan fingerprint density at radius 3 is 2.27 bits per heavy atom. The largest absolute Gasteiger partial charge is 0.465 e. The second kappa shape index (κ2) is 6.03. The van der Waals surface area contributed by atoms with Crippen molar-refractivity contribution in [2.75, 3.05) is 19.8 Å². The van der Waals surface area contributed by atoms with Crippen LogP contribution >= 0.6 is 0 Å². The summed E-state index contributed by atoms with van der Waals surface area (Å²) in [6, 6.07) is -1.83. The first-order chi connectivity index (χ1) is 5.18. The molecule has 0 saturated carbocycles. The van der Waals surface area contributed by atoms with E-state index in [1.165, 1.54) is 0 Å². The Hall–Kier alpha value is -0.710. The quantitative estimate of drug-likeness (QED) is 0.464. The summed E-state index contributed by atoms with van der Waals surface area (Å²) in [5, 5.41) is 0. The molecule has 0 rings (SSSR count). The second-order valence-corrected chi connectivity index (χ2v) is 1.58. The van der Waals surface area contributed by atoms with Gasteiger partial charge in [0, 0.05) is 6.61 Å². The topological polar surface area (TPSA) is 18.5 Å². The van der Waals surface area contributed by atoms with Gasteiger partial charge in [-0.25, -0.2) is 0 Å². The first-order valence-corrected chi connectivity index (χ1v) is 3.09. The van der Waals surface area contributed by atoms with E-state index in [9.17, 15) is 13.2 Å². The van der Waals surface area contributed by atoms with Crippen LogP contribution < -0.4 is 0 Å². The van der Waals surface area contributed by atoms with Crippen molar-refractivity contribution in [3.63, 3.8) is 0 Å². The Labute approximate surface area is 62.6 Å². The van der Waals surface area contributed by atoms with Gasteiger partial charge in [0.2, 0.25) is 0 Å². The lowest BCUT2D eigenvalue weighted by atomic mass is 10.7. The summed E-state index contributed by atoms with van der Waals surface area (Å²) < 4.78 is 43.0. The molecule has 0 saturated heterocycles. The smallest absolute Gasteiger partial charge is 0.342 e. The van der Waals surface area contributed by atoms with Crippen molar-refractivity contribution in [3.8, 4) is 0 Å². The molecule has 0 aliphatic heterocycles. The van der Waals surface area contributed by atoms with Crippen LogP contribution in [0.25, 0.3) is 0 Å². The highest BCUT2D eigenvalue weighted by atomic mass is 19.3. The maximum Gasteiger partial charge on any atom is 0.342 e. The van der Waals surface area contributed by atoms with Gasteiger partial charge in [-0.1, -0.05) is 0 Å². The zero-order valence-corrected chi connectivity index (χ0v) is 6.07. The lowest BCUT2D eigenvalue weighted by Gasteiger charge is -2.01. The van der Waals surface area contributed by atoms with Crippen molar-refractivity contribution < 1.29 is 22.6 Å². The van der Waals surface area contributed by atoms with Gasteiger partial charge in [-0.15, -0.1) is 0 Å². The Morgan fingerprint density at radius 2 is 1.82 bits per heavy atom. The van der Waals surface area contributed by atoms with Gasteiger partial charge in [0.15, 0.2) is 0 Å². The molecule has 0 bridgehead atoms. The van der Waals surface area contributed by atoms with Gasteiger partial charge in [0.05, 0.1) is 6.61 Å². The van der Waals surface area contributed by atoms with Crippen LogP contribution in [0.15, 0.2) is 12.1 Å². The molecule has 0 aliphatic rings. The highest BCUT2D eigenvalue weighted by Gasteiger charge is 2.04. The van der Waals surface area contributed by atoms with Gasteiger partial charge in [-0.2, -0.15) is 13.2 Å². The molecular formula is C6H9F3O2. The van der Waals surface area contributed by atoms with Crippen LogP contribution in [0.5, 0.6) is 0 Å². The molecule has 0 N–H and O–H groups in total. The molecule has 0 aromatic rings. The highest BCUT2D eigenvalue weighted by molar-refractivity contribution is 4.80. The van der Waals surface area contributed by atoms with Gasteiger partial charge in [-0.3, -0.25) is 0 Å². The number of hydrogen-bond donors (Lipinski definition) is 0. The molecule has 5 heteroatoms. The van der Waals surface area contributed by atoms with E-state index in [-0.39, 0.29) is 13.2 Å². The maximum absolute atomic E-state index is 11.8. The van der Waals surface area contributed by atoms with Crippen LogP contribution in [0, 0.1) is 0 Å². The predicted octanol–water partition coefficient (Wildman–Crippen LogP) is 2.07. The summed E-state index contributed by atoms with van der Waals surface area (Å²) in [6.07, 6.45) is -2.44. The van der Waals surface area contributed by atoms with E-state index >= 15 is 0 Å². The molecule has 0 aromatic carbocycles. The van der Waals surface area contributed by atoms with Crippen molar-refractivity contribution in [1.29, 1.82) is 0 Å². The highest BCUT2D eigenvalue weighted by Crippen LogP contribution is 2.09.